The molecule has 0 amide bonds. The number of hydrogen-bond donors (Lipinski definition) is 0. The SMILES string of the molecule is CCN1CCN(c2nc3cc(Cl)ccc3nc2-c2ccccc2)CC1. The van der Waals surface area contributed by atoms with Crippen LogP contribution >= 0.6 is 11.6 Å². The lowest BCUT2D eigenvalue weighted by Gasteiger charge is -2.35. The van der Waals surface area contributed by atoms with Crippen LogP contribution in [0.4, 0.5) is 5.82 Å². The van der Waals surface area contributed by atoms with E-state index < -0.39 is 0 Å². The molecule has 0 saturated carbocycles. The minimum absolute atomic E-state index is 0.691. The maximum atomic E-state index is 6.16. The van der Waals surface area contributed by atoms with Crippen LogP contribution in [0.2, 0.25) is 5.02 Å². The molecule has 0 unspecified atom stereocenters. The fourth-order valence-corrected chi connectivity index (χ4v) is 3.47. The normalized spacial score (nSPS) is 15.7. The van der Waals surface area contributed by atoms with Crippen LogP contribution < -0.4 is 4.90 Å². The van der Waals surface area contributed by atoms with E-state index >= 15 is 0 Å². The summed E-state index contributed by atoms with van der Waals surface area (Å²) in [6, 6.07) is 16.0. The predicted octanol–water partition coefficient (Wildman–Crippen LogP) is 4.09. The second-order valence-corrected chi connectivity index (χ2v) is 6.75. The lowest BCUT2D eigenvalue weighted by Crippen LogP contribution is -2.46. The Morgan fingerprint density at radius 2 is 1.68 bits per heavy atom. The van der Waals surface area contributed by atoms with Crippen LogP contribution in [0.15, 0.2) is 48.5 Å². The molecule has 0 N–H and O–H groups in total. The molecule has 4 rings (SSSR count). The zero-order valence-corrected chi connectivity index (χ0v) is 15.1. The summed E-state index contributed by atoms with van der Waals surface area (Å²) in [7, 11) is 0. The van der Waals surface area contributed by atoms with Gasteiger partial charge in [0.05, 0.1) is 11.0 Å². The molecular formula is C20H21ClN4. The van der Waals surface area contributed by atoms with Gasteiger partial charge in [-0.15, -0.1) is 0 Å². The first-order valence-corrected chi connectivity index (χ1v) is 9.12. The highest BCUT2D eigenvalue weighted by Crippen LogP contribution is 2.31. The van der Waals surface area contributed by atoms with Crippen LogP contribution in [-0.2, 0) is 0 Å². The number of piperazine rings is 1. The van der Waals surface area contributed by atoms with E-state index in [2.05, 4.69) is 28.9 Å². The van der Waals surface area contributed by atoms with Crippen LogP contribution in [0, 0.1) is 0 Å². The fourth-order valence-electron chi connectivity index (χ4n) is 3.30. The molecule has 4 nitrogen and oxygen atoms in total. The number of hydrogen-bond acceptors (Lipinski definition) is 4. The lowest BCUT2D eigenvalue weighted by atomic mass is 10.1. The Hall–Kier alpha value is -2.17. The van der Waals surface area contributed by atoms with Crippen molar-refractivity contribution in [3.8, 4) is 11.3 Å². The molecule has 0 radical (unpaired) electrons. The van der Waals surface area contributed by atoms with Crippen LogP contribution in [0.3, 0.4) is 0 Å². The molecule has 0 bridgehead atoms. The Bertz CT molecular complexity index is 874. The largest absolute Gasteiger partial charge is 0.352 e. The smallest absolute Gasteiger partial charge is 0.156 e. The molecule has 0 atom stereocenters. The van der Waals surface area contributed by atoms with E-state index in [0.29, 0.717) is 5.02 Å². The van der Waals surface area contributed by atoms with Gasteiger partial charge in [0, 0.05) is 36.8 Å². The van der Waals surface area contributed by atoms with Crippen molar-refractivity contribution >= 4 is 28.5 Å². The molecule has 2 aromatic carbocycles. The maximum absolute atomic E-state index is 6.16. The van der Waals surface area contributed by atoms with Gasteiger partial charge in [-0.2, -0.15) is 0 Å². The fraction of sp³-hybridized carbons (Fsp3) is 0.300. The van der Waals surface area contributed by atoms with E-state index in [1.54, 1.807) is 0 Å². The Labute approximate surface area is 153 Å². The Kier molecular flexibility index (Phi) is 4.55. The first-order valence-electron chi connectivity index (χ1n) is 8.74. The van der Waals surface area contributed by atoms with E-state index in [0.717, 1.165) is 60.8 Å². The molecule has 128 valence electrons. The third kappa shape index (κ3) is 3.32. The minimum Gasteiger partial charge on any atom is -0.352 e. The summed E-state index contributed by atoms with van der Waals surface area (Å²) in [6.45, 7) is 7.35. The molecule has 2 heterocycles. The zero-order chi connectivity index (χ0) is 17.2. The van der Waals surface area contributed by atoms with Gasteiger partial charge in [0.2, 0.25) is 0 Å². The van der Waals surface area contributed by atoms with Gasteiger partial charge in [0.1, 0.15) is 5.69 Å². The van der Waals surface area contributed by atoms with E-state index in [-0.39, 0.29) is 0 Å². The van der Waals surface area contributed by atoms with Gasteiger partial charge in [-0.25, -0.2) is 9.97 Å². The molecular weight excluding hydrogens is 332 g/mol. The molecule has 0 spiro atoms. The summed E-state index contributed by atoms with van der Waals surface area (Å²) in [6.07, 6.45) is 0. The van der Waals surface area contributed by atoms with Gasteiger partial charge in [-0.1, -0.05) is 48.9 Å². The second kappa shape index (κ2) is 6.98. The number of fused-ring (bicyclic) bond motifs is 1. The molecule has 1 aliphatic heterocycles. The van der Waals surface area contributed by atoms with Crippen molar-refractivity contribution in [2.45, 2.75) is 6.92 Å². The number of aromatic nitrogens is 2. The topological polar surface area (TPSA) is 32.3 Å². The third-order valence-corrected chi connectivity index (χ3v) is 5.01. The van der Waals surface area contributed by atoms with Crippen molar-refractivity contribution < 1.29 is 0 Å². The van der Waals surface area contributed by atoms with Gasteiger partial charge < -0.3 is 9.80 Å². The third-order valence-electron chi connectivity index (χ3n) is 4.77. The zero-order valence-electron chi connectivity index (χ0n) is 14.3. The molecule has 1 saturated heterocycles. The number of likely N-dealkylation sites (N-methyl/N-ethyl adjacent to an activating group) is 1. The van der Waals surface area contributed by atoms with Crippen molar-refractivity contribution in [3.63, 3.8) is 0 Å². The Morgan fingerprint density at radius 1 is 0.920 bits per heavy atom. The number of nitrogens with zero attached hydrogens (tertiary/aromatic N) is 4. The number of anilines is 1. The van der Waals surface area contributed by atoms with E-state index in [1.807, 2.05) is 36.4 Å². The van der Waals surface area contributed by atoms with Crippen molar-refractivity contribution in [1.29, 1.82) is 0 Å². The Balaban J connectivity index is 1.82. The molecule has 25 heavy (non-hydrogen) atoms. The average molecular weight is 353 g/mol. The van der Waals surface area contributed by atoms with Crippen LogP contribution in [0.1, 0.15) is 6.92 Å². The van der Waals surface area contributed by atoms with Gasteiger partial charge in [-0.05, 0) is 24.7 Å². The van der Waals surface area contributed by atoms with Gasteiger partial charge in [0.25, 0.3) is 0 Å². The summed E-state index contributed by atoms with van der Waals surface area (Å²) in [5.41, 5.74) is 3.76. The highest BCUT2D eigenvalue weighted by molar-refractivity contribution is 6.31. The lowest BCUT2D eigenvalue weighted by molar-refractivity contribution is 0.270. The number of benzene rings is 2. The van der Waals surface area contributed by atoms with Crippen molar-refractivity contribution in [2.24, 2.45) is 0 Å². The summed E-state index contributed by atoms with van der Waals surface area (Å²) < 4.78 is 0. The minimum atomic E-state index is 0.691. The first-order chi connectivity index (χ1) is 12.2. The van der Waals surface area contributed by atoms with Gasteiger partial charge in [-0.3, -0.25) is 0 Å². The number of rotatable bonds is 3. The van der Waals surface area contributed by atoms with Gasteiger partial charge >= 0.3 is 0 Å². The van der Waals surface area contributed by atoms with Crippen molar-refractivity contribution in [2.75, 3.05) is 37.6 Å². The molecule has 1 aliphatic rings. The average Bonchev–Trinajstić information content (AvgIpc) is 2.67. The molecule has 5 heteroatoms. The second-order valence-electron chi connectivity index (χ2n) is 6.32. The first kappa shape index (κ1) is 16.3. The summed E-state index contributed by atoms with van der Waals surface area (Å²) in [4.78, 5) is 14.7. The van der Waals surface area contributed by atoms with Crippen molar-refractivity contribution in [3.05, 3.63) is 53.6 Å². The van der Waals surface area contributed by atoms with Gasteiger partial charge in [0.15, 0.2) is 5.82 Å². The molecule has 1 fully saturated rings. The van der Waals surface area contributed by atoms with Crippen LogP contribution in [0.5, 0.6) is 0 Å². The maximum Gasteiger partial charge on any atom is 0.156 e. The van der Waals surface area contributed by atoms with E-state index in [1.165, 1.54) is 0 Å². The quantitative estimate of drug-likeness (QED) is 0.710. The summed E-state index contributed by atoms with van der Waals surface area (Å²) >= 11 is 6.16. The van der Waals surface area contributed by atoms with E-state index in [9.17, 15) is 0 Å². The van der Waals surface area contributed by atoms with Crippen molar-refractivity contribution in [1.82, 2.24) is 14.9 Å². The summed E-state index contributed by atoms with van der Waals surface area (Å²) in [5.74, 6) is 0.955. The molecule has 1 aromatic heterocycles. The highest BCUT2D eigenvalue weighted by atomic mass is 35.5. The monoisotopic (exact) mass is 352 g/mol. The van der Waals surface area contributed by atoms with Crippen LogP contribution in [0.25, 0.3) is 22.3 Å². The molecule has 0 aliphatic carbocycles. The predicted molar refractivity (Wildman–Crippen MR) is 104 cm³/mol. The van der Waals surface area contributed by atoms with Crippen LogP contribution in [-0.4, -0.2) is 47.6 Å². The summed E-state index contributed by atoms with van der Waals surface area (Å²) in [5, 5.41) is 0.691. The van der Waals surface area contributed by atoms with E-state index in [4.69, 9.17) is 21.6 Å². The highest BCUT2D eigenvalue weighted by Gasteiger charge is 2.21. The standard InChI is InChI=1S/C20H21ClN4/c1-2-24-10-12-25(13-11-24)20-19(15-6-4-3-5-7-15)22-17-9-8-16(21)14-18(17)23-20/h3-9,14H,2,10-13H2,1H3. The Morgan fingerprint density at radius 3 is 2.40 bits per heavy atom. The number of halogens is 1. The molecule has 3 aromatic rings.